The van der Waals surface area contributed by atoms with E-state index in [1.54, 1.807) is 0 Å². The number of hydrogen-bond donors (Lipinski definition) is 2. The van der Waals surface area contributed by atoms with E-state index in [4.69, 9.17) is 0 Å². The van der Waals surface area contributed by atoms with Crippen LogP contribution in [0.25, 0.3) is 0 Å². The Labute approximate surface area is 89.5 Å². The fraction of sp³-hybridized carbons (Fsp3) is 0.917. The Balaban J connectivity index is 1.99. The summed E-state index contributed by atoms with van der Waals surface area (Å²) < 4.78 is 0. The van der Waals surface area contributed by atoms with Crippen LogP contribution in [0.3, 0.4) is 0 Å². The number of aliphatic carboxylic acids is 1. The zero-order valence-corrected chi connectivity index (χ0v) is 8.91. The SMILES string of the molecule is O=C(O)C12C[C@@H]3C[C@@H](CC(CO)(C3)C1)C2. The van der Waals surface area contributed by atoms with Gasteiger partial charge in [0.15, 0.2) is 0 Å². The molecule has 0 amide bonds. The first-order valence-electron chi connectivity index (χ1n) is 5.92. The summed E-state index contributed by atoms with van der Waals surface area (Å²) >= 11 is 0. The fourth-order valence-corrected chi connectivity index (χ4v) is 4.89. The van der Waals surface area contributed by atoms with Crippen LogP contribution >= 0.6 is 0 Å². The second-order valence-corrected chi connectivity index (χ2v) is 6.20. The Kier molecular flexibility index (Phi) is 1.77. The molecule has 4 bridgehead atoms. The van der Waals surface area contributed by atoms with Crippen molar-refractivity contribution < 1.29 is 15.0 Å². The van der Waals surface area contributed by atoms with Crippen molar-refractivity contribution in [2.24, 2.45) is 22.7 Å². The average Bonchev–Trinajstić information content (AvgIpc) is 2.15. The lowest BCUT2D eigenvalue weighted by molar-refractivity contribution is -0.178. The van der Waals surface area contributed by atoms with Gasteiger partial charge in [0.25, 0.3) is 0 Å². The highest BCUT2D eigenvalue weighted by molar-refractivity contribution is 5.75. The molecule has 4 saturated carbocycles. The van der Waals surface area contributed by atoms with Gasteiger partial charge in [0.1, 0.15) is 0 Å². The minimum Gasteiger partial charge on any atom is -0.481 e. The molecule has 0 saturated heterocycles. The number of hydrogen-bond acceptors (Lipinski definition) is 2. The number of aliphatic hydroxyl groups is 1. The highest BCUT2D eigenvalue weighted by Gasteiger charge is 2.60. The summed E-state index contributed by atoms with van der Waals surface area (Å²) in [6.07, 6.45) is 5.78. The zero-order chi connectivity index (χ0) is 10.7. The van der Waals surface area contributed by atoms with E-state index in [9.17, 15) is 15.0 Å². The predicted molar refractivity (Wildman–Crippen MR) is 54.3 cm³/mol. The summed E-state index contributed by atoms with van der Waals surface area (Å²) in [4.78, 5) is 11.4. The van der Waals surface area contributed by atoms with Gasteiger partial charge in [-0.05, 0) is 55.8 Å². The summed E-state index contributed by atoms with van der Waals surface area (Å²) in [7, 11) is 0. The Hall–Kier alpha value is -0.570. The molecule has 2 N–H and O–H groups in total. The molecule has 84 valence electrons. The molecule has 2 unspecified atom stereocenters. The van der Waals surface area contributed by atoms with Crippen molar-refractivity contribution >= 4 is 5.97 Å². The van der Waals surface area contributed by atoms with Crippen LogP contribution < -0.4 is 0 Å². The van der Waals surface area contributed by atoms with Crippen LogP contribution in [0.2, 0.25) is 0 Å². The first kappa shape index (κ1) is 9.64. The minimum absolute atomic E-state index is 0.0392. The third-order valence-electron chi connectivity index (χ3n) is 4.97. The van der Waals surface area contributed by atoms with Gasteiger partial charge in [-0.25, -0.2) is 0 Å². The molecular weight excluding hydrogens is 192 g/mol. The largest absolute Gasteiger partial charge is 0.481 e. The molecule has 4 fully saturated rings. The van der Waals surface area contributed by atoms with E-state index in [-0.39, 0.29) is 12.0 Å². The van der Waals surface area contributed by atoms with Crippen LogP contribution in [-0.4, -0.2) is 22.8 Å². The van der Waals surface area contributed by atoms with Gasteiger partial charge in [-0.3, -0.25) is 4.79 Å². The van der Waals surface area contributed by atoms with Crippen LogP contribution in [0.15, 0.2) is 0 Å². The Morgan fingerprint density at radius 3 is 2.27 bits per heavy atom. The van der Waals surface area contributed by atoms with Crippen molar-refractivity contribution in [1.82, 2.24) is 0 Å². The Morgan fingerprint density at radius 1 is 1.20 bits per heavy atom. The summed E-state index contributed by atoms with van der Waals surface area (Å²) in [5.74, 6) is 0.512. The summed E-state index contributed by atoms with van der Waals surface area (Å²) in [5, 5.41) is 18.9. The summed E-state index contributed by atoms with van der Waals surface area (Å²) in [6, 6.07) is 0. The van der Waals surface area contributed by atoms with Gasteiger partial charge in [-0.1, -0.05) is 0 Å². The van der Waals surface area contributed by atoms with Crippen molar-refractivity contribution in [1.29, 1.82) is 0 Å². The van der Waals surface area contributed by atoms with Crippen molar-refractivity contribution in [2.75, 3.05) is 6.61 Å². The Morgan fingerprint density at radius 2 is 1.80 bits per heavy atom. The second kappa shape index (κ2) is 2.76. The maximum atomic E-state index is 11.4. The van der Waals surface area contributed by atoms with Gasteiger partial charge in [0.2, 0.25) is 0 Å². The molecule has 0 spiro atoms. The van der Waals surface area contributed by atoms with E-state index in [1.165, 1.54) is 6.42 Å². The third kappa shape index (κ3) is 1.19. The van der Waals surface area contributed by atoms with Gasteiger partial charge in [-0.15, -0.1) is 0 Å². The lowest BCUT2D eigenvalue weighted by Crippen LogP contribution is -2.56. The van der Waals surface area contributed by atoms with Gasteiger partial charge in [-0.2, -0.15) is 0 Å². The van der Waals surface area contributed by atoms with Crippen molar-refractivity contribution in [2.45, 2.75) is 38.5 Å². The van der Waals surface area contributed by atoms with Crippen LogP contribution in [0.5, 0.6) is 0 Å². The van der Waals surface area contributed by atoms with Crippen molar-refractivity contribution in [3.63, 3.8) is 0 Å². The lowest BCUT2D eigenvalue weighted by Gasteiger charge is -2.60. The molecule has 4 aliphatic rings. The molecule has 3 heteroatoms. The van der Waals surface area contributed by atoms with E-state index in [0.717, 1.165) is 32.1 Å². The minimum atomic E-state index is -0.616. The fourth-order valence-electron chi connectivity index (χ4n) is 4.89. The van der Waals surface area contributed by atoms with Gasteiger partial charge < -0.3 is 10.2 Å². The first-order valence-corrected chi connectivity index (χ1v) is 5.92. The highest BCUT2D eigenvalue weighted by Crippen LogP contribution is 2.65. The molecule has 4 rings (SSSR count). The molecule has 0 aliphatic heterocycles. The van der Waals surface area contributed by atoms with E-state index < -0.39 is 11.4 Å². The molecule has 3 nitrogen and oxygen atoms in total. The molecule has 0 aromatic carbocycles. The number of carboxylic acid groups (broad SMARTS) is 1. The van der Waals surface area contributed by atoms with Crippen LogP contribution in [0.1, 0.15) is 38.5 Å². The normalized spacial score (nSPS) is 52.1. The number of aliphatic hydroxyl groups excluding tert-OH is 1. The first-order chi connectivity index (χ1) is 7.07. The van der Waals surface area contributed by atoms with Gasteiger partial charge in [0.05, 0.1) is 5.41 Å². The van der Waals surface area contributed by atoms with Gasteiger partial charge in [0, 0.05) is 6.61 Å². The molecule has 15 heavy (non-hydrogen) atoms. The standard InChI is InChI=1S/C12H18O3/c13-7-11-2-8-1-9(3-11)5-12(4-8,6-11)10(14)15/h8-9,13H,1-7H2,(H,14,15)/t8-,9+,11?,12?. The van der Waals surface area contributed by atoms with Gasteiger partial charge >= 0.3 is 5.97 Å². The third-order valence-corrected chi connectivity index (χ3v) is 4.97. The molecule has 0 radical (unpaired) electrons. The quantitative estimate of drug-likeness (QED) is 0.728. The number of carboxylic acids is 1. The lowest BCUT2D eigenvalue weighted by atomic mass is 9.44. The summed E-state index contributed by atoms with van der Waals surface area (Å²) in [6.45, 7) is 0.190. The summed E-state index contributed by atoms with van der Waals surface area (Å²) in [5.41, 5.74) is -0.519. The predicted octanol–water partition coefficient (Wildman–Crippen LogP) is 1.65. The number of carbonyl (C=O) groups is 1. The number of rotatable bonds is 2. The smallest absolute Gasteiger partial charge is 0.309 e. The second-order valence-electron chi connectivity index (χ2n) is 6.20. The Bertz CT molecular complexity index is 296. The van der Waals surface area contributed by atoms with E-state index in [1.807, 2.05) is 0 Å². The van der Waals surface area contributed by atoms with E-state index in [2.05, 4.69) is 0 Å². The maximum absolute atomic E-state index is 11.4. The molecular formula is C12H18O3. The van der Waals surface area contributed by atoms with Crippen LogP contribution in [0, 0.1) is 22.7 Å². The molecule has 4 aliphatic carbocycles. The molecule has 0 aromatic heterocycles. The monoisotopic (exact) mass is 210 g/mol. The van der Waals surface area contributed by atoms with Crippen LogP contribution in [-0.2, 0) is 4.79 Å². The zero-order valence-electron chi connectivity index (χ0n) is 8.91. The van der Waals surface area contributed by atoms with Crippen LogP contribution in [0.4, 0.5) is 0 Å². The maximum Gasteiger partial charge on any atom is 0.309 e. The molecule has 0 heterocycles. The van der Waals surface area contributed by atoms with Crippen molar-refractivity contribution in [3.05, 3.63) is 0 Å². The highest BCUT2D eigenvalue weighted by atomic mass is 16.4. The van der Waals surface area contributed by atoms with Crippen molar-refractivity contribution in [3.8, 4) is 0 Å². The topological polar surface area (TPSA) is 57.5 Å². The molecule has 4 atom stereocenters. The molecule has 0 aromatic rings. The average molecular weight is 210 g/mol. The van der Waals surface area contributed by atoms with E-state index >= 15 is 0 Å². The van der Waals surface area contributed by atoms with E-state index in [0.29, 0.717) is 11.8 Å².